The number of carbonyl (C=O) groups is 1. The van der Waals surface area contributed by atoms with Gasteiger partial charge in [-0.2, -0.15) is 0 Å². The van der Waals surface area contributed by atoms with Crippen LogP contribution in [0.25, 0.3) is 0 Å². The maximum Gasteiger partial charge on any atom is 0.325 e. The fourth-order valence-electron chi connectivity index (χ4n) is 1.22. The third-order valence-electron chi connectivity index (χ3n) is 2.10. The Balaban J connectivity index is 2.58. The molecule has 82 valence electrons. The lowest BCUT2D eigenvalue weighted by atomic mass is 10.1. The van der Waals surface area contributed by atoms with Crippen LogP contribution < -0.4 is 11.1 Å². The van der Waals surface area contributed by atoms with Gasteiger partial charge in [-0.05, 0) is 31.5 Å². The molecule has 0 radical (unpaired) electrons. The second kappa shape index (κ2) is 5.24. The Kier molecular flexibility index (Phi) is 3.97. The van der Waals surface area contributed by atoms with Crippen molar-refractivity contribution in [3.8, 4) is 0 Å². The largest absolute Gasteiger partial charge is 0.465 e. The molecule has 0 atom stereocenters. The highest BCUT2D eigenvalue weighted by molar-refractivity contribution is 5.76. The van der Waals surface area contributed by atoms with E-state index in [9.17, 15) is 4.79 Å². The van der Waals surface area contributed by atoms with Crippen LogP contribution in [0, 0.1) is 6.92 Å². The molecule has 0 aliphatic heterocycles. The van der Waals surface area contributed by atoms with Crippen molar-refractivity contribution in [1.29, 1.82) is 0 Å². The Hall–Kier alpha value is -1.71. The summed E-state index contributed by atoms with van der Waals surface area (Å²) in [5, 5.41) is 2.98. The molecule has 0 spiro atoms. The molecule has 0 heterocycles. The molecule has 15 heavy (non-hydrogen) atoms. The van der Waals surface area contributed by atoms with E-state index < -0.39 is 0 Å². The van der Waals surface area contributed by atoms with E-state index in [4.69, 9.17) is 10.5 Å². The Morgan fingerprint density at radius 3 is 2.93 bits per heavy atom. The topological polar surface area (TPSA) is 64.3 Å². The number of hydrogen-bond acceptors (Lipinski definition) is 4. The molecule has 0 saturated carbocycles. The molecule has 0 aliphatic carbocycles. The van der Waals surface area contributed by atoms with Crippen LogP contribution in [-0.2, 0) is 9.53 Å². The maximum absolute atomic E-state index is 11.1. The lowest BCUT2D eigenvalue weighted by Crippen LogP contribution is -2.17. The number of rotatable bonds is 4. The first-order valence-corrected chi connectivity index (χ1v) is 4.89. The number of nitrogens with one attached hydrogen (secondary N) is 1. The zero-order chi connectivity index (χ0) is 11.3. The van der Waals surface area contributed by atoms with Crippen molar-refractivity contribution >= 4 is 17.3 Å². The first kappa shape index (κ1) is 11.4. The molecule has 3 N–H and O–H groups in total. The fourth-order valence-corrected chi connectivity index (χ4v) is 1.22. The molecule has 4 heteroatoms. The van der Waals surface area contributed by atoms with Gasteiger partial charge in [-0.25, -0.2) is 0 Å². The zero-order valence-electron chi connectivity index (χ0n) is 9.04. The van der Waals surface area contributed by atoms with Gasteiger partial charge in [0.2, 0.25) is 0 Å². The van der Waals surface area contributed by atoms with Crippen molar-refractivity contribution < 1.29 is 9.53 Å². The van der Waals surface area contributed by atoms with Crippen molar-refractivity contribution in [2.45, 2.75) is 13.8 Å². The molecule has 0 bridgehead atoms. The van der Waals surface area contributed by atoms with Gasteiger partial charge in [0, 0.05) is 11.4 Å². The summed E-state index contributed by atoms with van der Waals surface area (Å²) in [4.78, 5) is 11.1. The standard InChI is InChI=1S/C11H16N2O2/c1-3-15-11(14)7-13-10-6-4-5-9(12)8(10)2/h4-6,13H,3,7,12H2,1-2H3. The normalized spacial score (nSPS) is 9.73. The Labute approximate surface area is 89.4 Å². The summed E-state index contributed by atoms with van der Waals surface area (Å²) < 4.78 is 4.80. The third-order valence-corrected chi connectivity index (χ3v) is 2.10. The summed E-state index contributed by atoms with van der Waals surface area (Å²) in [5.74, 6) is -0.265. The van der Waals surface area contributed by atoms with Crippen molar-refractivity contribution in [1.82, 2.24) is 0 Å². The van der Waals surface area contributed by atoms with Crippen molar-refractivity contribution in [3.05, 3.63) is 23.8 Å². The predicted molar refractivity (Wildman–Crippen MR) is 60.7 cm³/mol. The minimum Gasteiger partial charge on any atom is -0.465 e. The van der Waals surface area contributed by atoms with Gasteiger partial charge in [0.05, 0.1) is 6.61 Å². The number of esters is 1. The summed E-state index contributed by atoms with van der Waals surface area (Å²) in [7, 11) is 0. The number of nitrogen functional groups attached to an aromatic ring is 1. The number of ether oxygens (including phenoxy) is 1. The van der Waals surface area contributed by atoms with Crippen LogP contribution in [0.4, 0.5) is 11.4 Å². The highest BCUT2D eigenvalue weighted by atomic mass is 16.5. The highest BCUT2D eigenvalue weighted by Crippen LogP contribution is 2.19. The van der Waals surface area contributed by atoms with Gasteiger partial charge in [-0.3, -0.25) is 4.79 Å². The molecule has 0 aromatic heterocycles. The molecule has 0 amide bonds. The minimum absolute atomic E-state index is 0.165. The van der Waals surface area contributed by atoms with Gasteiger partial charge in [0.15, 0.2) is 0 Å². The molecule has 4 nitrogen and oxygen atoms in total. The second-order valence-corrected chi connectivity index (χ2v) is 3.18. The van der Waals surface area contributed by atoms with E-state index in [0.717, 1.165) is 11.3 Å². The van der Waals surface area contributed by atoms with E-state index in [1.54, 1.807) is 6.92 Å². The number of benzene rings is 1. The van der Waals surface area contributed by atoms with Crippen LogP contribution >= 0.6 is 0 Å². The Bertz CT molecular complexity index is 350. The lowest BCUT2D eigenvalue weighted by molar-refractivity contribution is -0.140. The molecule has 0 saturated heterocycles. The summed E-state index contributed by atoms with van der Waals surface area (Å²) >= 11 is 0. The number of anilines is 2. The van der Waals surface area contributed by atoms with Gasteiger partial charge >= 0.3 is 5.97 Å². The summed E-state index contributed by atoms with van der Waals surface area (Å²) in [6.45, 7) is 4.25. The smallest absolute Gasteiger partial charge is 0.325 e. The number of nitrogens with two attached hydrogens (primary N) is 1. The lowest BCUT2D eigenvalue weighted by Gasteiger charge is -2.10. The quantitative estimate of drug-likeness (QED) is 0.582. The molecular formula is C11H16N2O2. The van der Waals surface area contributed by atoms with Crippen LogP contribution in [0.3, 0.4) is 0 Å². The third kappa shape index (κ3) is 3.16. The molecule has 1 rings (SSSR count). The van der Waals surface area contributed by atoms with Crippen LogP contribution in [0.2, 0.25) is 0 Å². The molecule has 0 unspecified atom stereocenters. The van der Waals surface area contributed by atoms with Crippen LogP contribution in [0.15, 0.2) is 18.2 Å². The zero-order valence-corrected chi connectivity index (χ0v) is 9.04. The van der Waals surface area contributed by atoms with E-state index >= 15 is 0 Å². The minimum atomic E-state index is -0.265. The first-order chi connectivity index (χ1) is 7.15. The van der Waals surface area contributed by atoms with E-state index in [-0.39, 0.29) is 12.5 Å². The maximum atomic E-state index is 11.1. The van der Waals surface area contributed by atoms with Crippen molar-refractivity contribution in [2.24, 2.45) is 0 Å². The Morgan fingerprint density at radius 1 is 1.53 bits per heavy atom. The first-order valence-electron chi connectivity index (χ1n) is 4.89. The van der Waals surface area contributed by atoms with E-state index in [2.05, 4.69) is 5.32 Å². The van der Waals surface area contributed by atoms with Gasteiger partial charge < -0.3 is 15.8 Å². The second-order valence-electron chi connectivity index (χ2n) is 3.18. The van der Waals surface area contributed by atoms with Crippen LogP contribution in [0.5, 0.6) is 0 Å². The predicted octanol–water partition coefficient (Wildman–Crippen LogP) is 1.55. The number of carbonyl (C=O) groups excluding carboxylic acids is 1. The highest BCUT2D eigenvalue weighted by Gasteiger charge is 2.04. The van der Waals surface area contributed by atoms with Gasteiger partial charge in [0.25, 0.3) is 0 Å². The molecule has 1 aromatic rings. The SMILES string of the molecule is CCOC(=O)CNc1cccc(N)c1C. The molecular weight excluding hydrogens is 192 g/mol. The summed E-state index contributed by atoms with van der Waals surface area (Å²) in [5.41, 5.74) is 8.25. The van der Waals surface area contributed by atoms with Crippen molar-refractivity contribution in [3.63, 3.8) is 0 Å². The Morgan fingerprint density at radius 2 is 2.27 bits per heavy atom. The van der Waals surface area contributed by atoms with Crippen LogP contribution in [-0.4, -0.2) is 19.1 Å². The molecule has 1 aromatic carbocycles. The summed E-state index contributed by atoms with van der Waals surface area (Å²) in [6.07, 6.45) is 0. The average molecular weight is 208 g/mol. The monoisotopic (exact) mass is 208 g/mol. The van der Waals surface area contributed by atoms with Gasteiger partial charge in [0.1, 0.15) is 6.54 Å². The summed E-state index contributed by atoms with van der Waals surface area (Å²) in [6, 6.07) is 5.55. The fraction of sp³-hybridized carbons (Fsp3) is 0.364. The van der Waals surface area contributed by atoms with E-state index in [1.165, 1.54) is 0 Å². The van der Waals surface area contributed by atoms with Crippen LogP contribution in [0.1, 0.15) is 12.5 Å². The van der Waals surface area contributed by atoms with E-state index in [1.807, 2.05) is 25.1 Å². The average Bonchev–Trinajstić information content (AvgIpc) is 2.21. The van der Waals surface area contributed by atoms with Gasteiger partial charge in [-0.1, -0.05) is 6.07 Å². The van der Waals surface area contributed by atoms with Gasteiger partial charge in [-0.15, -0.1) is 0 Å². The van der Waals surface area contributed by atoms with E-state index in [0.29, 0.717) is 12.3 Å². The number of hydrogen-bond donors (Lipinski definition) is 2. The molecule has 0 aliphatic rings. The molecule has 0 fully saturated rings. The van der Waals surface area contributed by atoms with Crippen molar-refractivity contribution in [2.75, 3.05) is 24.2 Å².